The highest BCUT2D eigenvalue weighted by molar-refractivity contribution is 6.29. The van der Waals surface area contributed by atoms with Gasteiger partial charge in [0.2, 0.25) is 0 Å². The van der Waals surface area contributed by atoms with Crippen LogP contribution in [0.3, 0.4) is 0 Å². The zero-order valence-electron chi connectivity index (χ0n) is 10.2. The molecule has 112 valence electrons. The number of ether oxygens (including phenoxy) is 1. The van der Waals surface area contributed by atoms with Crippen molar-refractivity contribution in [1.82, 2.24) is 4.98 Å². The molecule has 2 atom stereocenters. The lowest BCUT2D eigenvalue weighted by Gasteiger charge is -2.18. The fraction of sp³-hybridized carbons (Fsp3) is 0.455. The number of halogens is 4. The molecule has 0 radical (unpaired) electrons. The van der Waals surface area contributed by atoms with E-state index in [-0.39, 0.29) is 5.56 Å². The number of esters is 1. The third-order valence-corrected chi connectivity index (χ3v) is 2.61. The first-order valence-corrected chi connectivity index (χ1v) is 5.70. The molecule has 0 saturated heterocycles. The van der Waals surface area contributed by atoms with E-state index >= 15 is 0 Å². The van der Waals surface area contributed by atoms with Crippen LogP contribution >= 0.6 is 11.6 Å². The molecule has 0 amide bonds. The Labute approximate surface area is 117 Å². The van der Waals surface area contributed by atoms with Crippen molar-refractivity contribution in [3.8, 4) is 0 Å². The molecule has 0 saturated carbocycles. The second kappa shape index (κ2) is 6.38. The number of rotatable bonds is 4. The highest BCUT2D eigenvalue weighted by Gasteiger charge is 2.34. The van der Waals surface area contributed by atoms with Crippen molar-refractivity contribution in [2.24, 2.45) is 0 Å². The van der Waals surface area contributed by atoms with Gasteiger partial charge in [0.05, 0.1) is 19.6 Å². The summed E-state index contributed by atoms with van der Waals surface area (Å²) in [4.78, 5) is 14.0. The van der Waals surface area contributed by atoms with E-state index in [0.29, 0.717) is 6.07 Å². The second-order valence-electron chi connectivity index (χ2n) is 3.90. The number of carbonyl (C=O) groups excluding carboxylic acids is 1. The Morgan fingerprint density at radius 3 is 2.55 bits per heavy atom. The summed E-state index contributed by atoms with van der Waals surface area (Å²) in [5, 5.41) is 18.8. The molecule has 1 aromatic rings. The number of nitrogens with zero attached hydrogens (tertiary/aromatic N) is 1. The average molecular weight is 314 g/mol. The van der Waals surface area contributed by atoms with E-state index in [9.17, 15) is 28.2 Å². The standard InChI is InChI=1S/C11H11ClF3NO4/c1-20-9(18)4-6(17)10(19)5-2-7(11(13,14)15)16-8(12)3-5/h2-3,6,10,17,19H,4H2,1H3. The van der Waals surface area contributed by atoms with Crippen molar-refractivity contribution < 1.29 is 32.9 Å². The molecular formula is C11H11ClF3NO4. The molecule has 9 heteroatoms. The normalized spacial score (nSPS) is 14.8. The Bertz CT molecular complexity index is 495. The SMILES string of the molecule is COC(=O)CC(O)C(O)c1cc(Cl)nc(C(F)(F)F)c1. The molecule has 0 fully saturated rings. The van der Waals surface area contributed by atoms with Crippen LogP contribution in [0.15, 0.2) is 12.1 Å². The summed E-state index contributed by atoms with van der Waals surface area (Å²) in [6.07, 6.45) is -8.66. The smallest absolute Gasteiger partial charge is 0.433 e. The maximum Gasteiger partial charge on any atom is 0.433 e. The van der Waals surface area contributed by atoms with Crippen LogP contribution in [-0.2, 0) is 15.7 Å². The number of aliphatic hydroxyl groups is 2. The highest BCUT2D eigenvalue weighted by Crippen LogP contribution is 2.31. The second-order valence-corrected chi connectivity index (χ2v) is 4.29. The van der Waals surface area contributed by atoms with Crippen molar-refractivity contribution in [3.05, 3.63) is 28.5 Å². The predicted molar refractivity (Wildman–Crippen MR) is 61.8 cm³/mol. The van der Waals surface area contributed by atoms with E-state index < -0.39 is 41.6 Å². The van der Waals surface area contributed by atoms with Gasteiger partial charge in [-0.2, -0.15) is 13.2 Å². The van der Waals surface area contributed by atoms with E-state index in [0.717, 1.165) is 13.2 Å². The van der Waals surface area contributed by atoms with Crippen LogP contribution in [0.1, 0.15) is 23.8 Å². The van der Waals surface area contributed by atoms with Crippen molar-refractivity contribution in [2.75, 3.05) is 7.11 Å². The molecule has 2 unspecified atom stereocenters. The molecule has 0 aliphatic heterocycles. The number of methoxy groups -OCH3 is 1. The molecule has 0 aromatic carbocycles. The van der Waals surface area contributed by atoms with Gasteiger partial charge < -0.3 is 14.9 Å². The zero-order chi connectivity index (χ0) is 15.5. The van der Waals surface area contributed by atoms with Crippen LogP contribution in [0, 0.1) is 0 Å². The maximum atomic E-state index is 12.5. The summed E-state index contributed by atoms with van der Waals surface area (Å²) in [6.45, 7) is 0. The number of hydrogen-bond donors (Lipinski definition) is 2. The van der Waals surface area contributed by atoms with Crippen molar-refractivity contribution in [2.45, 2.75) is 24.8 Å². The summed E-state index contributed by atoms with van der Waals surface area (Å²) in [5.74, 6) is -0.812. The molecular weight excluding hydrogens is 303 g/mol. The Kier molecular flexibility index (Phi) is 5.32. The van der Waals surface area contributed by atoms with Crippen molar-refractivity contribution >= 4 is 17.6 Å². The Hall–Kier alpha value is -1.38. The van der Waals surface area contributed by atoms with Gasteiger partial charge in [-0.05, 0) is 17.7 Å². The van der Waals surface area contributed by atoms with Crippen LogP contribution in [0.2, 0.25) is 5.15 Å². The number of pyridine rings is 1. The fourth-order valence-corrected chi connectivity index (χ4v) is 1.64. The molecule has 0 bridgehead atoms. The monoisotopic (exact) mass is 313 g/mol. The predicted octanol–water partition coefficient (Wildman–Crippen LogP) is 1.71. The number of aromatic nitrogens is 1. The highest BCUT2D eigenvalue weighted by atomic mass is 35.5. The molecule has 5 nitrogen and oxygen atoms in total. The Balaban J connectivity index is 3.01. The minimum absolute atomic E-state index is 0.297. The molecule has 1 aromatic heterocycles. The third-order valence-electron chi connectivity index (χ3n) is 2.42. The first kappa shape index (κ1) is 16.7. The number of carbonyl (C=O) groups is 1. The van der Waals surface area contributed by atoms with Gasteiger partial charge in [0.15, 0.2) is 0 Å². The first-order valence-electron chi connectivity index (χ1n) is 5.32. The molecule has 2 N–H and O–H groups in total. The van der Waals surface area contributed by atoms with Gasteiger partial charge in [0, 0.05) is 0 Å². The third kappa shape index (κ3) is 4.32. The largest absolute Gasteiger partial charge is 0.469 e. The summed E-state index contributed by atoms with van der Waals surface area (Å²) in [6, 6.07) is 1.53. The van der Waals surface area contributed by atoms with E-state index in [2.05, 4.69) is 9.72 Å². The number of aliphatic hydroxyl groups excluding tert-OH is 2. The van der Waals surface area contributed by atoms with Gasteiger partial charge in [0.1, 0.15) is 17.0 Å². The summed E-state index contributed by atoms with van der Waals surface area (Å²) in [7, 11) is 1.08. The fourth-order valence-electron chi connectivity index (χ4n) is 1.42. The lowest BCUT2D eigenvalue weighted by atomic mass is 10.0. The van der Waals surface area contributed by atoms with Crippen LogP contribution in [-0.4, -0.2) is 34.4 Å². The van der Waals surface area contributed by atoms with Crippen molar-refractivity contribution in [1.29, 1.82) is 0 Å². The molecule has 0 aliphatic rings. The van der Waals surface area contributed by atoms with Gasteiger partial charge in [-0.1, -0.05) is 11.6 Å². The van der Waals surface area contributed by atoms with E-state index in [1.54, 1.807) is 0 Å². The lowest BCUT2D eigenvalue weighted by Crippen LogP contribution is -2.23. The molecule has 0 spiro atoms. The van der Waals surface area contributed by atoms with Gasteiger partial charge in [-0.15, -0.1) is 0 Å². The first-order chi connectivity index (χ1) is 9.15. The van der Waals surface area contributed by atoms with Gasteiger partial charge in [0.25, 0.3) is 0 Å². The number of hydrogen-bond acceptors (Lipinski definition) is 5. The van der Waals surface area contributed by atoms with Crippen LogP contribution in [0.5, 0.6) is 0 Å². The lowest BCUT2D eigenvalue weighted by molar-refractivity contribution is -0.145. The summed E-state index contributed by atoms with van der Waals surface area (Å²) >= 11 is 5.44. The quantitative estimate of drug-likeness (QED) is 0.653. The average Bonchev–Trinajstić information content (AvgIpc) is 2.35. The summed E-state index contributed by atoms with van der Waals surface area (Å²) in [5.41, 5.74) is -1.60. The van der Waals surface area contributed by atoms with Gasteiger partial charge in [-0.25, -0.2) is 4.98 Å². The van der Waals surface area contributed by atoms with Crippen LogP contribution in [0.4, 0.5) is 13.2 Å². The maximum absolute atomic E-state index is 12.5. The Morgan fingerprint density at radius 1 is 1.45 bits per heavy atom. The van der Waals surface area contributed by atoms with E-state index in [1.165, 1.54) is 0 Å². The Morgan fingerprint density at radius 2 is 2.05 bits per heavy atom. The number of alkyl halides is 3. The van der Waals surface area contributed by atoms with Gasteiger partial charge >= 0.3 is 12.1 Å². The molecule has 1 rings (SSSR count). The zero-order valence-corrected chi connectivity index (χ0v) is 10.9. The molecule has 20 heavy (non-hydrogen) atoms. The van der Waals surface area contributed by atoms with Crippen LogP contribution in [0.25, 0.3) is 0 Å². The summed E-state index contributed by atoms with van der Waals surface area (Å²) < 4.78 is 41.9. The minimum Gasteiger partial charge on any atom is -0.469 e. The molecule has 1 heterocycles. The molecule has 0 aliphatic carbocycles. The topological polar surface area (TPSA) is 79.7 Å². The van der Waals surface area contributed by atoms with Crippen molar-refractivity contribution in [3.63, 3.8) is 0 Å². The van der Waals surface area contributed by atoms with Gasteiger partial charge in [-0.3, -0.25) is 4.79 Å². The van der Waals surface area contributed by atoms with Crippen LogP contribution < -0.4 is 0 Å². The van der Waals surface area contributed by atoms with E-state index in [1.807, 2.05) is 0 Å². The minimum atomic E-state index is -4.74. The van der Waals surface area contributed by atoms with E-state index in [4.69, 9.17) is 11.6 Å².